The molecule has 0 aliphatic carbocycles. The monoisotopic (exact) mass is 309 g/mol. The molecule has 0 bridgehead atoms. The van der Waals surface area contributed by atoms with Crippen LogP contribution < -0.4 is 5.32 Å². The fourth-order valence-corrected chi connectivity index (χ4v) is 2.02. The van der Waals surface area contributed by atoms with Crippen LogP contribution in [0.15, 0.2) is 42.5 Å². The third kappa shape index (κ3) is 3.51. The van der Waals surface area contributed by atoms with E-state index in [1.807, 2.05) is 0 Å². The molecule has 0 radical (unpaired) electrons. The van der Waals surface area contributed by atoms with Gasteiger partial charge in [0, 0.05) is 11.3 Å². The van der Waals surface area contributed by atoms with Gasteiger partial charge in [-0.2, -0.15) is 0 Å². The average molecular weight is 310 g/mol. The van der Waals surface area contributed by atoms with Gasteiger partial charge < -0.3 is 10.4 Å². The number of carbonyl (C=O) groups excluding carboxylic acids is 1. The molecule has 2 aromatic rings. The first-order chi connectivity index (χ1) is 9.47. The Morgan fingerprint density at radius 3 is 2.55 bits per heavy atom. The van der Waals surface area contributed by atoms with Crippen LogP contribution in [-0.4, -0.2) is 11.0 Å². The van der Waals surface area contributed by atoms with Gasteiger partial charge >= 0.3 is 0 Å². The Bertz CT molecular complexity index is 642. The van der Waals surface area contributed by atoms with E-state index >= 15 is 0 Å². The maximum Gasteiger partial charge on any atom is 0.255 e. The van der Waals surface area contributed by atoms with E-state index in [1.54, 1.807) is 43.3 Å². The number of rotatable bonds is 3. The highest BCUT2D eigenvalue weighted by molar-refractivity contribution is 6.42. The molecule has 20 heavy (non-hydrogen) atoms. The van der Waals surface area contributed by atoms with Crippen LogP contribution in [0.3, 0.4) is 0 Å². The predicted octanol–water partition coefficient (Wildman–Crippen LogP) is 4.30. The maximum atomic E-state index is 12.1. The summed E-state index contributed by atoms with van der Waals surface area (Å²) in [6.07, 6.45) is -0.586. The molecule has 2 aromatic carbocycles. The summed E-state index contributed by atoms with van der Waals surface area (Å²) in [4.78, 5) is 12.1. The molecule has 0 unspecified atom stereocenters. The molecular formula is C15H13Cl2NO2. The van der Waals surface area contributed by atoms with Gasteiger partial charge in [-0.25, -0.2) is 0 Å². The number of anilines is 1. The van der Waals surface area contributed by atoms with Crippen molar-refractivity contribution in [2.75, 3.05) is 5.32 Å². The first-order valence-electron chi connectivity index (χ1n) is 6.02. The smallest absolute Gasteiger partial charge is 0.255 e. The minimum Gasteiger partial charge on any atom is -0.389 e. The van der Waals surface area contributed by atoms with Crippen molar-refractivity contribution in [2.24, 2.45) is 0 Å². The summed E-state index contributed by atoms with van der Waals surface area (Å²) in [6, 6.07) is 11.7. The molecule has 104 valence electrons. The van der Waals surface area contributed by atoms with Crippen molar-refractivity contribution in [3.8, 4) is 0 Å². The van der Waals surface area contributed by atoms with Crippen LogP contribution >= 0.6 is 23.2 Å². The SMILES string of the molecule is C[C@H](O)c1cccc(NC(=O)c2ccc(Cl)c(Cl)c2)c1. The number of benzene rings is 2. The third-order valence-corrected chi connectivity index (χ3v) is 3.55. The highest BCUT2D eigenvalue weighted by atomic mass is 35.5. The number of hydrogen-bond donors (Lipinski definition) is 2. The molecule has 5 heteroatoms. The van der Waals surface area contributed by atoms with Crippen LogP contribution in [0.2, 0.25) is 10.0 Å². The lowest BCUT2D eigenvalue weighted by Crippen LogP contribution is -2.12. The summed E-state index contributed by atoms with van der Waals surface area (Å²) in [7, 11) is 0. The number of carbonyl (C=O) groups is 1. The van der Waals surface area contributed by atoms with Crippen molar-refractivity contribution in [2.45, 2.75) is 13.0 Å². The van der Waals surface area contributed by atoms with Gasteiger partial charge in [0.25, 0.3) is 5.91 Å². The van der Waals surface area contributed by atoms with Gasteiger partial charge in [-0.05, 0) is 42.8 Å². The van der Waals surface area contributed by atoms with Crippen LogP contribution in [0.25, 0.3) is 0 Å². The molecule has 2 N–H and O–H groups in total. The molecule has 0 aliphatic rings. The van der Waals surface area contributed by atoms with E-state index in [2.05, 4.69) is 5.32 Å². The Hall–Kier alpha value is -1.55. The molecule has 0 spiro atoms. The largest absolute Gasteiger partial charge is 0.389 e. The molecular weight excluding hydrogens is 297 g/mol. The van der Waals surface area contributed by atoms with Gasteiger partial charge in [-0.3, -0.25) is 4.79 Å². The van der Waals surface area contributed by atoms with E-state index in [0.717, 1.165) is 5.56 Å². The highest BCUT2D eigenvalue weighted by Crippen LogP contribution is 2.23. The topological polar surface area (TPSA) is 49.3 Å². The average Bonchev–Trinajstić information content (AvgIpc) is 2.42. The van der Waals surface area contributed by atoms with E-state index in [1.165, 1.54) is 6.07 Å². The van der Waals surface area contributed by atoms with E-state index < -0.39 is 6.10 Å². The molecule has 0 saturated heterocycles. The maximum absolute atomic E-state index is 12.1. The summed E-state index contributed by atoms with van der Waals surface area (Å²) >= 11 is 11.7. The van der Waals surface area contributed by atoms with Crippen molar-refractivity contribution >= 4 is 34.8 Å². The quantitative estimate of drug-likeness (QED) is 0.888. The number of aliphatic hydroxyl groups excluding tert-OH is 1. The number of hydrogen-bond acceptors (Lipinski definition) is 2. The summed E-state index contributed by atoms with van der Waals surface area (Å²) in [5, 5.41) is 13.0. The number of nitrogens with one attached hydrogen (secondary N) is 1. The zero-order valence-corrected chi connectivity index (χ0v) is 12.2. The first kappa shape index (κ1) is 14.9. The molecule has 2 rings (SSSR count). The second-order valence-electron chi connectivity index (χ2n) is 4.38. The Morgan fingerprint density at radius 1 is 1.15 bits per heavy atom. The van der Waals surface area contributed by atoms with Crippen LogP contribution in [0.4, 0.5) is 5.69 Å². The van der Waals surface area contributed by atoms with Crippen molar-refractivity contribution in [3.63, 3.8) is 0 Å². The fraction of sp³-hybridized carbons (Fsp3) is 0.133. The van der Waals surface area contributed by atoms with Crippen LogP contribution in [0.1, 0.15) is 28.9 Å². The second-order valence-corrected chi connectivity index (χ2v) is 5.20. The fourth-order valence-electron chi connectivity index (χ4n) is 1.72. The molecule has 0 aromatic heterocycles. The normalized spacial score (nSPS) is 12.0. The predicted molar refractivity (Wildman–Crippen MR) is 81.5 cm³/mol. The Balaban J connectivity index is 2.19. The van der Waals surface area contributed by atoms with Crippen molar-refractivity contribution in [1.82, 2.24) is 0 Å². The van der Waals surface area contributed by atoms with Crippen LogP contribution in [0.5, 0.6) is 0 Å². The molecule has 0 fully saturated rings. The van der Waals surface area contributed by atoms with Gasteiger partial charge in [-0.15, -0.1) is 0 Å². The summed E-state index contributed by atoms with van der Waals surface area (Å²) < 4.78 is 0. The van der Waals surface area contributed by atoms with Crippen molar-refractivity contribution in [1.29, 1.82) is 0 Å². The lowest BCUT2D eigenvalue weighted by atomic mass is 10.1. The second kappa shape index (κ2) is 6.27. The highest BCUT2D eigenvalue weighted by Gasteiger charge is 2.09. The lowest BCUT2D eigenvalue weighted by Gasteiger charge is -2.09. The zero-order valence-electron chi connectivity index (χ0n) is 10.7. The standard InChI is InChI=1S/C15H13Cl2NO2/c1-9(19)10-3-2-4-12(7-10)18-15(20)11-5-6-13(16)14(17)8-11/h2-9,19H,1H3,(H,18,20)/t9-/m0/s1. The van der Waals surface area contributed by atoms with Crippen LogP contribution in [0, 0.1) is 0 Å². The first-order valence-corrected chi connectivity index (χ1v) is 6.77. The molecule has 1 atom stereocenters. The van der Waals surface area contributed by atoms with Crippen LogP contribution in [-0.2, 0) is 0 Å². The third-order valence-electron chi connectivity index (χ3n) is 2.81. The van der Waals surface area contributed by atoms with E-state index in [0.29, 0.717) is 21.3 Å². The molecule has 0 aliphatic heterocycles. The molecule has 0 saturated carbocycles. The van der Waals surface area contributed by atoms with E-state index in [4.69, 9.17) is 23.2 Å². The minimum absolute atomic E-state index is 0.286. The van der Waals surface area contributed by atoms with E-state index in [-0.39, 0.29) is 5.91 Å². The van der Waals surface area contributed by atoms with Gasteiger partial charge in [0.15, 0.2) is 0 Å². The van der Waals surface area contributed by atoms with Gasteiger partial charge in [-0.1, -0.05) is 35.3 Å². The van der Waals surface area contributed by atoms with Crippen molar-refractivity contribution in [3.05, 3.63) is 63.6 Å². The van der Waals surface area contributed by atoms with E-state index in [9.17, 15) is 9.90 Å². The lowest BCUT2D eigenvalue weighted by molar-refractivity contribution is 0.102. The molecule has 3 nitrogen and oxygen atoms in total. The van der Waals surface area contributed by atoms with Gasteiger partial charge in [0.1, 0.15) is 0 Å². The van der Waals surface area contributed by atoms with Gasteiger partial charge in [0.2, 0.25) is 0 Å². The number of amides is 1. The Morgan fingerprint density at radius 2 is 1.90 bits per heavy atom. The Kier molecular flexibility index (Phi) is 4.65. The van der Waals surface area contributed by atoms with Crippen molar-refractivity contribution < 1.29 is 9.90 Å². The minimum atomic E-state index is -0.586. The van der Waals surface area contributed by atoms with Gasteiger partial charge in [0.05, 0.1) is 16.1 Å². The Labute approximate surface area is 127 Å². The summed E-state index contributed by atoms with van der Waals surface area (Å²) in [5.74, 6) is -0.286. The zero-order chi connectivity index (χ0) is 14.7. The summed E-state index contributed by atoms with van der Waals surface area (Å²) in [6.45, 7) is 1.67. The molecule has 0 heterocycles. The number of halogens is 2. The molecule has 1 amide bonds. The number of aliphatic hydroxyl groups is 1. The summed E-state index contributed by atoms with van der Waals surface area (Å²) in [5.41, 5.74) is 1.76.